The van der Waals surface area contributed by atoms with Crippen LogP contribution in [0.4, 0.5) is 0 Å². The van der Waals surface area contributed by atoms with Gasteiger partial charge in [-0.2, -0.15) is 0 Å². The molecule has 224 valence electrons. The summed E-state index contributed by atoms with van der Waals surface area (Å²) in [6.07, 6.45) is 7.24. The summed E-state index contributed by atoms with van der Waals surface area (Å²) in [7, 11) is 3.58. The molecular formula is C35H43NO6. The zero-order valence-corrected chi connectivity index (χ0v) is 24.8. The maximum absolute atomic E-state index is 12.2. The van der Waals surface area contributed by atoms with E-state index in [4.69, 9.17) is 18.9 Å². The number of hydrogen-bond donors (Lipinski definition) is 1. The predicted octanol–water partition coefficient (Wildman–Crippen LogP) is 5.23. The Hall–Kier alpha value is -2.61. The molecule has 42 heavy (non-hydrogen) atoms. The third-order valence-electron chi connectivity index (χ3n) is 12.4. The van der Waals surface area contributed by atoms with E-state index in [0.29, 0.717) is 25.7 Å². The van der Waals surface area contributed by atoms with Gasteiger partial charge in [-0.25, -0.2) is 0 Å². The van der Waals surface area contributed by atoms with E-state index < -0.39 is 11.6 Å². The van der Waals surface area contributed by atoms with E-state index in [1.807, 2.05) is 25.3 Å². The summed E-state index contributed by atoms with van der Waals surface area (Å²) in [4.78, 5) is 15.0. The van der Waals surface area contributed by atoms with Crippen molar-refractivity contribution in [1.82, 2.24) is 4.90 Å². The van der Waals surface area contributed by atoms with E-state index in [1.165, 1.54) is 24.0 Å². The largest absolute Gasteiger partial charge is 0.493 e. The van der Waals surface area contributed by atoms with Crippen molar-refractivity contribution in [2.45, 2.75) is 81.1 Å². The number of ether oxygens (including phenoxy) is 4. The summed E-state index contributed by atoms with van der Waals surface area (Å²) in [5, 5.41) is 10.00. The molecule has 4 bridgehead atoms. The zero-order chi connectivity index (χ0) is 28.7. The van der Waals surface area contributed by atoms with Crippen molar-refractivity contribution in [3.05, 3.63) is 59.2 Å². The number of rotatable bonds is 11. The highest BCUT2D eigenvalue weighted by Crippen LogP contribution is 2.78. The fraction of sp³-hybridized carbons (Fsp3) is 0.629. The van der Waals surface area contributed by atoms with Crippen molar-refractivity contribution in [2.75, 3.05) is 33.9 Å². The molecule has 9 rings (SSSR count). The Kier molecular flexibility index (Phi) is 6.23. The number of methoxy groups -OCH3 is 2. The first-order valence-corrected chi connectivity index (χ1v) is 16.0. The molecular weight excluding hydrogens is 530 g/mol. The van der Waals surface area contributed by atoms with E-state index in [2.05, 4.69) is 29.2 Å². The van der Waals surface area contributed by atoms with Crippen LogP contribution in [0.5, 0.6) is 11.5 Å². The van der Waals surface area contributed by atoms with E-state index in [9.17, 15) is 9.90 Å². The van der Waals surface area contributed by atoms with Gasteiger partial charge in [-0.15, -0.1) is 0 Å². The number of carbonyl (C=O) groups is 1. The molecule has 1 N–H and O–H groups in total. The highest BCUT2D eigenvalue weighted by atomic mass is 16.6. The number of carboxylic acid groups (broad SMARTS) is 1. The third kappa shape index (κ3) is 3.47. The van der Waals surface area contributed by atoms with E-state index in [-0.39, 0.29) is 35.2 Å². The molecule has 2 aliphatic heterocycles. The highest BCUT2D eigenvalue weighted by Gasteiger charge is 2.83. The first kappa shape index (κ1) is 27.0. The standard InChI is InChI=1S/C35H43NO6/c1-39-27-12-10-24-18-28-33-14-15-35(40-2,26(25(33)11-13-29(37)38)21-41-20-23-6-4-3-5-7-23)32-34(33,30(24)31(27)42-32)16-17-36(28)19-22-8-9-22/h3-7,10,12,22,25-26,28,32H,8-9,11,13-21H2,1-2H3,(H,37,38)/t25-,26+,28+,32-,33-,34+,35-/m1/s1. The number of fused-ring (bicyclic) bond motifs is 2. The Bertz CT molecular complexity index is 1380. The van der Waals surface area contributed by atoms with Gasteiger partial charge in [-0.3, -0.25) is 9.69 Å². The molecule has 2 spiro atoms. The fourth-order valence-electron chi connectivity index (χ4n) is 10.8. The lowest BCUT2D eigenvalue weighted by Gasteiger charge is -2.76. The number of nitrogens with zero attached hydrogens (tertiary/aromatic N) is 1. The number of aliphatic carboxylic acids is 1. The molecule has 2 aromatic carbocycles. The first-order chi connectivity index (χ1) is 20.5. The van der Waals surface area contributed by atoms with Crippen LogP contribution in [0.25, 0.3) is 0 Å². The molecule has 7 nitrogen and oxygen atoms in total. The number of benzene rings is 2. The van der Waals surface area contributed by atoms with Gasteiger partial charge in [-0.1, -0.05) is 36.4 Å². The summed E-state index contributed by atoms with van der Waals surface area (Å²) in [6, 6.07) is 15.0. The zero-order valence-electron chi connectivity index (χ0n) is 24.8. The lowest BCUT2D eigenvalue weighted by atomic mass is 9.31. The Morgan fingerprint density at radius 2 is 1.90 bits per heavy atom. The smallest absolute Gasteiger partial charge is 0.303 e. The van der Waals surface area contributed by atoms with Gasteiger partial charge in [0.25, 0.3) is 0 Å². The molecule has 0 aromatic heterocycles. The van der Waals surface area contributed by atoms with Gasteiger partial charge in [0.1, 0.15) is 11.7 Å². The monoisotopic (exact) mass is 573 g/mol. The Balaban J connectivity index is 1.29. The average Bonchev–Trinajstić information content (AvgIpc) is 3.75. The average molecular weight is 574 g/mol. The summed E-state index contributed by atoms with van der Waals surface area (Å²) in [6.45, 7) is 3.27. The van der Waals surface area contributed by atoms with Gasteiger partial charge < -0.3 is 24.1 Å². The van der Waals surface area contributed by atoms with Crippen LogP contribution in [0.3, 0.4) is 0 Å². The Morgan fingerprint density at radius 3 is 2.64 bits per heavy atom. The molecule has 1 saturated heterocycles. The number of carboxylic acids is 1. The van der Waals surface area contributed by atoms with Crippen LogP contribution >= 0.6 is 0 Å². The van der Waals surface area contributed by atoms with Gasteiger partial charge in [0.15, 0.2) is 11.5 Å². The summed E-state index contributed by atoms with van der Waals surface area (Å²) in [5.74, 6) is 1.96. The minimum Gasteiger partial charge on any atom is -0.493 e. The second-order valence-corrected chi connectivity index (χ2v) is 13.9. The molecule has 5 fully saturated rings. The van der Waals surface area contributed by atoms with Gasteiger partial charge in [0.2, 0.25) is 0 Å². The predicted molar refractivity (Wildman–Crippen MR) is 157 cm³/mol. The highest BCUT2D eigenvalue weighted by molar-refractivity contribution is 5.67. The van der Waals surface area contributed by atoms with Crippen LogP contribution in [0, 0.1) is 23.2 Å². The molecule has 2 aromatic rings. The second-order valence-electron chi connectivity index (χ2n) is 13.9. The maximum Gasteiger partial charge on any atom is 0.303 e. The molecule has 0 amide bonds. The van der Waals surface area contributed by atoms with Crippen LogP contribution in [0.15, 0.2) is 42.5 Å². The van der Waals surface area contributed by atoms with Crippen LogP contribution in [-0.2, 0) is 32.7 Å². The summed E-state index contributed by atoms with van der Waals surface area (Å²) >= 11 is 0. The molecule has 7 heteroatoms. The molecule has 0 unspecified atom stereocenters. The molecule has 7 aliphatic rings. The van der Waals surface area contributed by atoms with E-state index in [1.54, 1.807) is 7.11 Å². The van der Waals surface area contributed by atoms with Gasteiger partial charge in [-0.05, 0) is 80.5 Å². The van der Waals surface area contributed by atoms with E-state index >= 15 is 0 Å². The van der Waals surface area contributed by atoms with Gasteiger partial charge in [0, 0.05) is 48.4 Å². The number of likely N-dealkylation sites (tertiary alicyclic amines) is 1. The fourth-order valence-corrected chi connectivity index (χ4v) is 10.8. The SMILES string of the molecule is COc1ccc2c3c1O[C@H]1[C@@]4(OC)CC[C@@]5([C@H](CCC(=O)O)[C@@H]4COCc4ccccc4)[C@H](C2)N(CC2CC2)CC[C@]315. The topological polar surface area (TPSA) is 77.5 Å². The molecule has 7 atom stereocenters. The van der Waals surface area contributed by atoms with Crippen LogP contribution in [0.1, 0.15) is 61.6 Å². The minimum absolute atomic E-state index is 0.0302. The van der Waals surface area contributed by atoms with Crippen LogP contribution in [-0.4, -0.2) is 67.6 Å². The normalized spacial score (nSPS) is 37.3. The molecule has 5 aliphatic carbocycles. The van der Waals surface area contributed by atoms with Gasteiger partial charge in [0.05, 0.1) is 20.3 Å². The summed E-state index contributed by atoms with van der Waals surface area (Å²) < 4.78 is 26.4. The van der Waals surface area contributed by atoms with Crippen LogP contribution in [0.2, 0.25) is 0 Å². The quantitative estimate of drug-likeness (QED) is 0.395. The Labute approximate surface area is 248 Å². The lowest BCUT2D eigenvalue weighted by molar-refractivity contribution is -0.312. The molecule has 0 radical (unpaired) electrons. The van der Waals surface area contributed by atoms with Crippen molar-refractivity contribution in [3.8, 4) is 11.5 Å². The second kappa shape index (κ2) is 9.70. The van der Waals surface area contributed by atoms with E-state index in [0.717, 1.165) is 61.8 Å². The molecule has 2 heterocycles. The molecule has 4 saturated carbocycles. The van der Waals surface area contributed by atoms with Crippen molar-refractivity contribution in [1.29, 1.82) is 0 Å². The summed E-state index contributed by atoms with van der Waals surface area (Å²) in [5.41, 5.74) is 2.99. The number of hydrogen-bond acceptors (Lipinski definition) is 6. The van der Waals surface area contributed by atoms with Crippen molar-refractivity contribution >= 4 is 5.97 Å². The van der Waals surface area contributed by atoms with Gasteiger partial charge >= 0.3 is 5.97 Å². The van der Waals surface area contributed by atoms with Crippen molar-refractivity contribution < 1.29 is 28.8 Å². The number of piperidine rings is 1. The Morgan fingerprint density at radius 1 is 1.07 bits per heavy atom. The minimum atomic E-state index is -0.724. The van der Waals surface area contributed by atoms with Crippen molar-refractivity contribution in [2.24, 2.45) is 23.2 Å². The third-order valence-corrected chi connectivity index (χ3v) is 12.4. The van der Waals surface area contributed by atoms with Crippen molar-refractivity contribution in [3.63, 3.8) is 0 Å². The lowest BCUT2D eigenvalue weighted by Crippen LogP contribution is -2.84. The van der Waals surface area contributed by atoms with Crippen LogP contribution < -0.4 is 9.47 Å². The first-order valence-electron chi connectivity index (χ1n) is 16.0. The maximum atomic E-state index is 12.2.